The van der Waals surface area contributed by atoms with E-state index in [2.05, 4.69) is 41.8 Å². The third kappa shape index (κ3) is 11.7. The Bertz CT molecular complexity index is 525. The number of rotatable bonds is 14. The molecule has 0 saturated carbocycles. The number of ether oxygens (including phenoxy) is 2. The molecule has 2 N–H and O–H groups in total. The number of quaternary nitrogens is 2. The van der Waals surface area contributed by atoms with Crippen LogP contribution in [0.4, 0.5) is 0 Å². The second-order valence-corrected chi connectivity index (χ2v) is 8.27. The molecule has 2 atom stereocenters. The number of aliphatic hydroxyl groups is 2. The zero-order valence-electron chi connectivity index (χ0n) is 19.5. The van der Waals surface area contributed by atoms with Gasteiger partial charge < -0.3 is 76.6 Å². The van der Waals surface area contributed by atoms with Crippen LogP contribution in [0.3, 0.4) is 0 Å². The summed E-state index contributed by atoms with van der Waals surface area (Å²) < 4.78 is 13.2. The summed E-state index contributed by atoms with van der Waals surface area (Å²) in [5.41, 5.74) is 0. The van der Waals surface area contributed by atoms with Crippen molar-refractivity contribution in [3.05, 3.63) is 24.3 Å². The number of nitrogens with zero attached hydrogens (tertiary/aromatic N) is 2. The van der Waals surface area contributed by atoms with E-state index in [1.54, 1.807) is 6.07 Å². The molecular weight excluding hydrogens is 610 g/mol. The van der Waals surface area contributed by atoms with Crippen molar-refractivity contribution in [2.45, 2.75) is 39.9 Å². The van der Waals surface area contributed by atoms with Crippen molar-refractivity contribution in [1.29, 1.82) is 0 Å². The molecule has 0 aliphatic carbocycles. The van der Waals surface area contributed by atoms with E-state index in [1.807, 2.05) is 18.2 Å². The van der Waals surface area contributed by atoms with E-state index in [0.717, 1.165) is 35.1 Å². The summed E-state index contributed by atoms with van der Waals surface area (Å²) in [6.07, 6.45) is -1.04. The molecule has 0 aliphatic heterocycles. The maximum Gasteiger partial charge on any atom is 0.137 e. The molecule has 1 rings (SSSR count). The van der Waals surface area contributed by atoms with Gasteiger partial charge in [0.2, 0.25) is 0 Å². The highest BCUT2D eigenvalue weighted by Crippen LogP contribution is 2.20. The van der Waals surface area contributed by atoms with E-state index in [9.17, 15) is 10.2 Å². The fraction of sp³-hybridized carbons (Fsp3) is 0.727. The van der Waals surface area contributed by atoms with Gasteiger partial charge >= 0.3 is 0 Å². The van der Waals surface area contributed by atoms with Crippen LogP contribution in [0.15, 0.2) is 24.3 Å². The third-order valence-electron chi connectivity index (χ3n) is 6.05. The van der Waals surface area contributed by atoms with Crippen LogP contribution in [0.25, 0.3) is 0 Å². The fourth-order valence-electron chi connectivity index (χ4n) is 3.13. The Morgan fingerprint density at radius 1 is 0.733 bits per heavy atom. The minimum absolute atomic E-state index is 0. The van der Waals surface area contributed by atoms with Crippen LogP contribution < -0.4 is 57.4 Å². The summed E-state index contributed by atoms with van der Waals surface area (Å²) in [6, 6.07) is 7.37. The average molecular weight is 652 g/mol. The lowest BCUT2D eigenvalue weighted by Gasteiger charge is -2.34. The topological polar surface area (TPSA) is 58.9 Å². The highest BCUT2D eigenvalue weighted by atomic mass is 127. The Morgan fingerprint density at radius 2 is 1.07 bits per heavy atom. The highest BCUT2D eigenvalue weighted by Gasteiger charge is 2.23. The van der Waals surface area contributed by atoms with Gasteiger partial charge in [0.15, 0.2) is 0 Å². The lowest BCUT2D eigenvalue weighted by atomic mass is 10.2. The molecule has 0 spiro atoms. The standard InChI is InChI=1S/C22H42N2O4.2HI/c1-7-23(5,8-2)15-19(25)17-27-21-12-11-13-22(14-21)28-18-20(26)16-24(6,9-3)10-4;;/h11-14,19-20,25-26H,7-10,15-18H2,1-6H3;2*1H/q+2;;/p-2. The summed E-state index contributed by atoms with van der Waals surface area (Å²) in [4.78, 5) is 0. The molecule has 1 aromatic carbocycles. The second kappa shape index (κ2) is 15.8. The van der Waals surface area contributed by atoms with Crippen LogP contribution in [0, 0.1) is 0 Å². The SMILES string of the molecule is CC[N+](C)(CC)CC(O)COc1cccc(OCC(O)C[N+](C)(CC)CC)c1.[I-].[I-]. The molecule has 6 nitrogen and oxygen atoms in total. The molecule has 0 aliphatic rings. The molecule has 0 heterocycles. The predicted molar refractivity (Wildman–Crippen MR) is 114 cm³/mol. The van der Waals surface area contributed by atoms with Gasteiger partial charge in [0.1, 0.15) is 50.0 Å². The van der Waals surface area contributed by atoms with Gasteiger partial charge in [-0.05, 0) is 39.8 Å². The Balaban J connectivity index is 0. The molecule has 0 saturated heterocycles. The Hall–Kier alpha value is 0.120. The van der Waals surface area contributed by atoms with Crippen molar-refractivity contribution >= 4 is 0 Å². The predicted octanol–water partition coefficient (Wildman–Crippen LogP) is -3.85. The van der Waals surface area contributed by atoms with Crippen molar-refractivity contribution in [2.24, 2.45) is 0 Å². The minimum Gasteiger partial charge on any atom is -1.00 e. The van der Waals surface area contributed by atoms with Crippen molar-refractivity contribution in [3.8, 4) is 11.5 Å². The van der Waals surface area contributed by atoms with Crippen molar-refractivity contribution < 1.29 is 76.6 Å². The van der Waals surface area contributed by atoms with Gasteiger partial charge in [-0.1, -0.05) is 6.07 Å². The first-order valence-corrected chi connectivity index (χ1v) is 10.6. The largest absolute Gasteiger partial charge is 1.00 e. The maximum absolute atomic E-state index is 10.3. The van der Waals surface area contributed by atoms with Crippen LogP contribution in [0.1, 0.15) is 27.7 Å². The van der Waals surface area contributed by atoms with Crippen LogP contribution in [0.5, 0.6) is 11.5 Å². The molecule has 30 heavy (non-hydrogen) atoms. The lowest BCUT2D eigenvalue weighted by molar-refractivity contribution is -0.909. The van der Waals surface area contributed by atoms with Crippen LogP contribution in [-0.4, -0.2) is 98.0 Å². The van der Waals surface area contributed by atoms with E-state index >= 15 is 0 Å². The smallest absolute Gasteiger partial charge is 0.137 e. The number of hydrogen-bond donors (Lipinski definition) is 2. The Morgan fingerprint density at radius 3 is 1.37 bits per heavy atom. The van der Waals surface area contributed by atoms with Gasteiger partial charge in [-0.15, -0.1) is 0 Å². The average Bonchev–Trinajstić information content (AvgIpc) is 2.70. The third-order valence-corrected chi connectivity index (χ3v) is 6.05. The molecular formula is C22H42I2N2O4. The highest BCUT2D eigenvalue weighted by molar-refractivity contribution is 5.32. The first-order valence-electron chi connectivity index (χ1n) is 10.6. The summed E-state index contributed by atoms with van der Waals surface area (Å²) >= 11 is 0. The van der Waals surface area contributed by atoms with E-state index in [1.165, 1.54) is 0 Å². The fourth-order valence-corrected chi connectivity index (χ4v) is 3.13. The van der Waals surface area contributed by atoms with Crippen molar-refractivity contribution in [3.63, 3.8) is 0 Å². The first-order chi connectivity index (χ1) is 13.2. The van der Waals surface area contributed by atoms with E-state index in [-0.39, 0.29) is 61.2 Å². The molecule has 0 amide bonds. The van der Waals surface area contributed by atoms with Gasteiger partial charge in [-0.3, -0.25) is 0 Å². The normalized spacial score (nSPS) is 13.6. The summed E-state index contributed by atoms with van der Waals surface area (Å²) in [5, 5.41) is 20.6. The summed E-state index contributed by atoms with van der Waals surface area (Å²) in [7, 11) is 4.29. The first kappa shape index (κ1) is 32.3. The molecule has 0 radical (unpaired) electrons. The van der Waals surface area contributed by atoms with Crippen molar-refractivity contribution in [2.75, 3.05) is 66.6 Å². The van der Waals surface area contributed by atoms with Crippen LogP contribution in [-0.2, 0) is 0 Å². The number of halogens is 2. The molecule has 1 aromatic rings. The van der Waals surface area contributed by atoms with E-state index < -0.39 is 12.2 Å². The second-order valence-electron chi connectivity index (χ2n) is 8.27. The molecule has 0 fully saturated rings. The quantitative estimate of drug-likeness (QED) is 0.160. The molecule has 0 aromatic heterocycles. The number of aliphatic hydroxyl groups excluding tert-OH is 2. The van der Waals surface area contributed by atoms with Crippen molar-refractivity contribution in [1.82, 2.24) is 0 Å². The van der Waals surface area contributed by atoms with Crippen LogP contribution in [0.2, 0.25) is 0 Å². The van der Waals surface area contributed by atoms with Gasteiger partial charge in [-0.2, -0.15) is 0 Å². The molecule has 2 unspecified atom stereocenters. The molecule has 0 bridgehead atoms. The maximum atomic E-state index is 10.3. The Kier molecular flexibility index (Phi) is 17.1. The zero-order valence-corrected chi connectivity index (χ0v) is 23.8. The van der Waals surface area contributed by atoms with Gasteiger partial charge in [0.05, 0.1) is 40.3 Å². The van der Waals surface area contributed by atoms with Gasteiger partial charge in [-0.25, -0.2) is 0 Å². The monoisotopic (exact) mass is 652 g/mol. The Labute approximate surface area is 217 Å². The molecule has 178 valence electrons. The van der Waals surface area contributed by atoms with E-state index in [0.29, 0.717) is 24.6 Å². The molecule has 8 heteroatoms. The lowest BCUT2D eigenvalue weighted by Crippen LogP contribution is -3.00. The number of likely N-dealkylation sites (N-methyl/N-ethyl adjacent to an activating group) is 2. The number of benzene rings is 1. The zero-order chi connectivity index (χ0) is 21.2. The van der Waals surface area contributed by atoms with Crippen LogP contribution >= 0.6 is 0 Å². The minimum atomic E-state index is -0.519. The van der Waals surface area contributed by atoms with Gasteiger partial charge in [0.25, 0.3) is 0 Å². The van der Waals surface area contributed by atoms with E-state index in [4.69, 9.17) is 9.47 Å². The summed E-state index contributed by atoms with van der Waals surface area (Å²) in [5.74, 6) is 1.33. The summed E-state index contributed by atoms with van der Waals surface area (Å²) in [6.45, 7) is 14.3. The number of hydrogen-bond acceptors (Lipinski definition) is 4. The van der Waals surface area contributed by atoms with Gasteiger partial charge in [0, 0.05) is 6.07 Å².